The first-order valence-electron chi connectivity index (χ1n) is 5.11. The van der Waals surface area contributed by atoms with Gasteiger partial charge in [-0.15, -0.1) is 0 Å². The second-order valence-corrected chi connectivity index (χ2v) is 4.08. The highest BCUT2D eigenvalue weighted by Gasteiger charge is 2.06. The van der Waals surface area contributed by atoms with Crippen LogP contribution < -0.4 is 21.3 Å². The lowest BCUT2D eigenvalue weighted by molar-refractivity contribution is 0.0943. The molecule has 0 saturated carbocycles. The Morgan fingerprint density at radius 3 is 2.71 bits per heavy atom. The lowest BCUT2D eigenvalue weighted by Gasteiger charge is -2.11. The Morgan fingerprint density at radius 2 is 2.12 bits per heavy atom. The Kier molecular flexibility index (Phi) is 4.71. The lowest BCUT2D eigenvalue weighted by atomic mass is 10.2. The largest absolute Gasteiger partial charge is 0.491 e. The number of nitrogens with two attached hydrogens (primary N) is 1. The molecule has 0 unspecified atom stereocenters. The van der Waals surface area contributed by atoms with Gasteiger partial charge in [-0.2, -0.15) is 0 Å². The van der Waals surface area contributed by atoms with Crippen LogP contribution in [0.2, 0.25) is 0 Å². The van der Waals surface area contributed by atoms with Crippen molar-refractivity contribution in [3.63, 3.8) is 0 Å². The van der Waals surface area contributed by atoms with Crippen LogP contribution in [0.25, 0.3) is 0 Å². The van der Waals surface area contributed by atoms with Gasteiger partial charge in [0.1, 0.15) is 5.75 Å². The van der Waals surface area contributed by atoms with E-state index in [0.29, 0.717) is 11.3 Å². The molecule has 6 heteroatoms. The maximum Gasteiger partial charge on any atom is 0.269 e. The highest BCUT2D eigenvalue weighted by Crippen LogP contribution is 2.14. The van der Waals surface area contributed by atoms with Crippen molar-refractivity contribution in [1.29, 1.82) is 0 Å². The molecule has 1 amide bonds. The Hall–Kier alpha value is -1.82. The minimum absolute atomic E-state index is 0.00735. The van der Waals surface area contributed by atoms with Crippen LogP contribution in [0, 0.1) is 0 Å². The fraction of sp³-hybridized carbons (Fsp3) is 0.273. The van der Waals surface area contributed by atoms with Crippen molar-refractivity contribution in [2.45, 2.75) is 20.0 Å². The third-order valence-electron chi connectivity index (χ3n) is 1.77. The number of ether oxygens (including phenoxy) is 1. The summed E-state index contributed by atoms with van der Waals surface area (Å²) >= 11 is 4.57. The number of hydrogen-bond donors (Lipinski definition) is 3. The molecule has 0 heterocycles. The molecule has 5 nitrogen and oxygen atoms in total. The van der Waals surface area contributed by atoms with Gasteiger partial charge in [0.15, 0.2) is 5.11 Å². The third kappa shape index (κ3) is 4.69. The van der Waals surface area contributed by atoms with Crippen LogP contribution >= 0.6 is 12.2 Å². The van der Waals surface area contributed by atoms with Crippen LogP contribution in [0.3, 0.4) is 0 Å². The topological polar surface area (TPSA) is 76.4 Å². The first kappa shape index (κ1) is 13.2. The fourth-order valence-corrected chi connectivity index (χ4v) is 1.22. The average molecular weight is 253 g/mol. The minimum atomic E-state index is -0.327. The number of benzene rings is 1. The number of amides is 1. The smallest absolute Gasteiger partial charge is 0.269 e. The molecule has 1 rings (SSSR count). The Labute approximate surface area is 105 Å². The van der Waals surface area contributed by atoms with Crippen LogP contribution in [0.4, 0.5) is 0 Å². The van der Waals surface area contributed by atoms with E-state index in [1.54, 1.807) is 24.3 Å². The van der Waals surface area contributed by atoms with Crippen molar-refractivity contribution < 1.29 is 9.53 Å². The van der Waals surface area contributed by atoms with E-state index in [-0.39, 0.29) is 17.1 Å². The molecule has 0 fully saturated rings. The maximum atomic E-state index is 11.6. The molecular weight excluding hydrogens is 238 g/mol. The molecule has 0 aromatic heterocycles. The van der Waals surface area contributed by atoms with Gasteiger partial charge in [0.2, 0.25) is 0 Å². The quantitative estimate of drug-likeness (QED) is 0.552. The SMILES string of the molecule is CC(C)Oc1cccc(C(=O)NNC(N)=S)c1. The van der Waals surface area contributed by atoms with Crippen LogP contribution in [0.5, 0.6) is 5.75 Å². The lowest BCUT2D eigenvalue weighted by Crippen LogP contribution is -2.44. The summed E-state index contributed by atoms with van der Waals surface area (Å²) in [6.45, 7) is 3.84. The molecule has 0 saturated heterocycles. The second-order valence-electron chi connectivity index (χ2n) is 3.64. The number of nitrogens with one attached hydrogen (secondary N) is 2. The van der Waals surface area contributed by atoms with E-state index < -0.39 is 0 Å². The van der Waals surface area contributed by atoms with Gasteiger partial charge < -0.3 is 10.5 Å². The Bertz CT molecular complexity index is 421. The van der Waals surface area contributed by atoms with E-state index in [4.69, 9.17) is 10.5 Å². The molecule has 0 bridgehead atoms. The van der Waals surface area contributed by atoms with Crippen molar-refractivity contribution >= 4 is 23.2 Å². The highest BCUT2D eigenvalue weighted by molar-refractivity contribution is 7.80. The highest BCUT2D eigenvalue weighted by atomic mass is 32.1. The molecule has 0 atom stereocenters. The summed E-state index contributed by atoms with van der Waals surface area (Å²) in [7, 11) is 0. The predicted molar refractivity (Wildman–Crippen MR) is 69.6 cm³/mol. The Morgan fingerprint density at radius 1 is 1.41 bits per heavy atom. The van der Waals surface area contributed by atoms with Crippen molar-refractivity contribution in [2.24, 2.45) is 5.73 Å². The van der Waals surface area contributed by atoms with E-state index in [9.17, 15) is 4.79 Å². The van der Waals surface area contributed by atoms with Gasteiger partial charge in [0, 0.05) is 5.56 Å². The fourth-order valence-electron chi connectivity index (χ4n) is 1.17. The van der Waals surface area contributed by atoms with Gasteiger partial charge >= 0.3 is 0 Å². The van der Waals surface area contributed by atoms with Crippen LogP contribution in [0.1, 0.15) is 24.2 Å². The van der Waals surface area contributed by atoms with Crippen LogP contribution in [0.15, 0.2) is 24.3 Å². The molecule has 0 aliphatic rings. The standard InChI is InChI=1S/C11H15N3O2S/c1-7(2)16-9-5-3-4-8(6-9)10(15)13-14-11(12)17/h3-7H,1-2H3,(H,13,15)(H3,12,14,17). The maximum absolute atomic E-state index is 11.6. The number of rotatable bonds is 3. The van der Waals surface area contributed by atoms with Gasteiger partial charge in [-0.3, -0.25) is 15.6 Å². The van der Waals surface area contributed by atoms with Crippen molar-refractivity contribution in [3.05, 3.63) is 29.8 Å². The first-order valence-corrected chi connectivity index (χ1v) is 5.52. The molecule has 92 valence electrons. The summed E-state index contributed by atoms with van der Waals surface area (Å²) < 4.78 is 5.48. The summed E-state index contributed by atoms with van der Waals surface area (Å²) in [5, 5.41) is 0.00735. The van der Waals surface area contributed by atoms with E-state index in [2.05, 4.69) is 23.1 Å². The minimum Gasteiger partial charge on any atom is -0.491 e. The molecule has 17 heavy (non-hydrogen) atoms. The molecule has 0 spiro atoms. The van der Waals surface area contributed by atoms with E-state index >= 15 is 0 Å². The molecular formula is C11H15N3O2S. The molecule has 4 N–H and O–H groups in total. The zero-order valence-corrected chi connectivity index (χ0v) is 10.5. The van der Waals surface area contributed by atoms with Gasteiger partial charge in [-0.05, 0) is 44.3 Å². The molecule has 1 aromatic carbocycles. The number of hydrazine groups is 1. The first-order chi connectivity index (χ1) is 7.99. The second kappa shape index (κ2) is 6.05. The van der Waals surface area contributed by atoms with Crippen LogP contribution in [-0.4, -0.2) is 17.1 Å². The van der Waals surface area contributed by atoms with E-state index in [1.807, 2.05) is 13.8 Å². The Balaban J connectivity index is 2.70. The number of hydrogen-bond acceptors (Lipinski definition) is 3. The van der Waals surface area contributed by atoms with Gasteiger partial charge in [0.25, 0.3) is 5.91 Å². The predicted octanol–water partition coefficient (Wildman–Crippen LogP) is 0.952. The van der Waals surface area contributed by atoms with E-state index in [0.717, 1.165) is 0 Å². The van der Waals surface area contributed by atoms with Gasteiger partial charge in [-0.25, -0.2) is 0 Å². The normalized spacial score (nSPS) is 9.82. The molecule has 0 aliphatic carbocycles. The van der Waals surface area contributed by atoms with E-state index in [1.165, 1.54) is 0 Å². The number of thiocarbonyl (C=S) groups is 1. The van der Waals surface area contributed by atoms with Crippen molar-refractivity contribution in [3.8, 4) is 5.75 Å². The summed E-state index contributed by atoms with van der Waals surface area (Å²) in [4.78, 5) is 11.6. The van der Waals surface area contributed by atoms with Gasteiger partial charge in [0.05, 0.1) is 6.10 Å². The zero-order chi connectivity index (χ0) is 12.8. The van der Waals surface area contributed by atoms with Crippen molar-refractivity contribution in [1.82, 2.24) is 10.9 Å². The summed E-state index contributed by atoms with van der Waals surface area (Å²) in [6, 6.07) is 6.85. The number of carbonyl (C=O) groups excluding carboxylic acids is 1. The monoisotopic (exact) mass is 253 g/mol. The zero-order valence-electron chi connectivity index (χ0n) is 9.69. The molecule has 0 radical (unpaired) electrons. The van der Waals surface area contributed by atoms with Crippen LogP contribution in [-0.2, 0) is 0 Å². The van der Waals surface area contributed by atoms with Crippen molar-refractivity contribution in [2.75, 3.05) is 0 Å². The number of carbonyl (C=O) groups is 1. The summed E-state index contributed by atoms with van der Waals surface area (Å²) in [5.74, 6) is 0.315. The third-order valence-corrected chi connectivity index (χ3v) is 1.87. The molecule has 0 aliphatic heterocycles. The summed E-state index contributed by atoms with van der Waals surface area (Å²) in [5.41, 5.74) is 10.4. The molecule has 1 aromatic rings. The summed E-state index contributed by atoms with van der Waals surface area (Å²) in [6.07, 6.45) is 0.0584. The van der Waals surface area contributed by atoms with Gasteiger partial charge in [-0.1, -0.05) is 6.07 Å². The average Bonchev–Trinajstić information content (AvgIpc) is 2.25.